The van der Waals surface area contributed by atoms with Crippen LogP contribution in [-0.4, -0.2) is 18.0 Å². The van der Waals surface area contributed by atoms with Crippen LogP contribution in [0.2, 0.25) is 0 Å². The van der Waals surface area contributed by atoms with E-state index in [-0.39, 0.29) is 0 Å². The molecule has 90 valence electrons. The molecule has 0 radical (unpaired) electrons. The number of nitrogens with zero attached hydrogens (tertiary/aromatic N) is 1. The summed E-state index contributed by atoms with van der Waals surface area (Å²) in [6.45, 7) is 6.01. The summed E-state index contributed by atoms with van der Waals surface area (Å²) in [7, 11) is 0. The highest BCUT2D eigenvalue weighted by Crippen LogP contribution is 2.27. The summed E-state index contributed by atoms with van der Waals surface area (Å²) in [6, 6.07) is 2.16. The number of hydrogen-bond acceptors (Lipinski definition) is 2. The Morgan fingerprint density at radius 2 is 2.19 bits per heavy atom. The first-order chi connectivity index (χ1) is 7.79. The van der Waals surface area contributed by atoms with Crippen LogP contribution in [0.25, 0.3) is 0 Å². The van der Waals surface area contributed by atoms with Crippen molar-refractivity contribution >= 4 is 27.3 Å². The summed E-state index contributed by atoms with van der Waals surface area (Å²) in [5.74, 6) is 0.994. The van der Waals surface area contributed by atoms with Crippen LogP contribution in [0.3, 0.4) is 0 Å². The van der Waals surface area contributed by atoms with E-state index in [9.17, 15) is 0 Å². The van der Waals surface area contributed by atoms with E-state index >= 15 is 0 Å². The first kappa shape index (κ1) is 12.6. The monoisotopic (exact) mass is 301 g/mol. The predicted octanol–water partition coefficient (Wildman–Crippen LogP) is 4.52. The van der Waals surface area contributed by atoms with Gasteiger partial charge in [0.05, 0.1) is 0 Å². The summed E-state index contributed by atoms with van der Waals surface area (Å²) in [4.78, 5) is 4.08. The summed E-state index contributed by atoms with van der Waals surface area (Å²) >= 11 is 5.48. The molecule has 0 amide bonds. The molecule has 0 unspecified atom stereocenters. The molecule has 1 saturated heterocycles. The van der Waals surface area contributed by atoms with Crippen molar-refractivity contribution in [3.05, 3.63) is 20.8 Å². The lowest BCUT2D eigenvalue weighted by atomic mass is 9.92. The maximum atomic E-state index is 3.61. The Kier molecular flexibility index (Phi) is 4.86. The van der Waals surface area contributed by atoms with Crippen molar-refractivity contribution in [3.8, 4) is 0 Å². The number of likely N-dealkylation sites (tertiary alicyclic amines) is 1. The SMILES string of the molecule is CCCC1CCN(Cc2sccc2Br)CC1. The van der Waals surface area contributed by atoms with Gasteiger partial charge < -0.3 is 0 Å². The maximum absolute atomic E-state index is 3.61. The van der Waals surface area contributed by atoms with Crippen LogP contribution in [0.4, 0.5) is 0 Å². The highest BCUT2D eigenvalue weighted by Gasteiger charge is 2.19. The average Bonchev–Trinajstić information content (AvgIpc) is 2.68. The number of piperidine rings is 1. The third kappa shape index (κ3) is 3.31. The summed E-state index contributed by atoms with van der Waals surface area (Å²) in [5, 5.41) is 2.17. The Morgan fingerprint density at radius 3 is 2.75 bits per heavy atom. The second-order valence-corrected chi connectivity index (χ2v) is 6.55. The van der Waals surface area contributed by atoms with Crippen LogP contribution >= 0.6 is 27.3 Å². The Bertz CT molecular complexity index is 315. The van der Waals surface area contributed by atoms with Crippen LogP contribution < -0.4 is 0 Å². The number of halogens is 1. The van der Waals surface area contributed by atoms with Gasteiger partial charge in [0, 0.05) is 15.9 Å². The van der Waals surface area contributed by atoms with Crippen molar-refractivity contribution in [2.24, 2.45) is 5.92 Å². The van der Waals surface area contributed by atoms with Crippen LogP contribution in [0.15, 0.2) is 15.9 Å². The third-order valence-corrected chi connectivity index (χ3v) is 5.37. The molecule has 0 aliphatic carbocycles. The molecule has 1 aromatic heterocycles. The molecular weight excluding hydrogens is 282 g/mol. The molecule has 1 aromatic rings. The van der Waals surface area contributed by atoms with Crippen molar-refractivity contribution in [3.63, 3.8) is 0 Å². The van der Waals surface area contributed by atoms with E-state index < -0.39 is 0 Å². The molecule has 0 atom stereocenters. The lowest BCUT2D eigenvalue weighted by molar-refractivity contribution is 0.173. The number of thiophene rings is 1. The van der Waals surface area contributed by atoms with Gasteiger partial charge in [-0.15, -0.1) is 11.3 Å². The number of rotatable bonds is 4. The molecule has 0 spiro atoms. The lowest BCUT2D eigenvalue weighted by Crippen LogP contribution is -2.33. The standard InChI is InChI=1S/C13H20BrNS/c1-2-3-11-4-7-15(8-5-11)10-13-12(14)6-9-16-13/h6,9,11H,2-5,7-8,10H2,1H3. The molecule has 2 rings (SSSR count). The quantitative estimate of drug-likeness (QED) is 0.790. The van der Waals surface area contributed by atoms with Gasteiger partial charge >= 0.3 is 0 Å². The second kappa shape index (κ2) is 6.18. The van der Waals surface area contributed by atoms with E-state index in [1.807, 2.05) is 11.3 Å². The van der Waals surface area contributed by atoms with Crippen LogP contribution in [0.1, 0.15) is 37.5 Å². The molecule has 0 bridgehead atoms. The molecule has 0 aromatic carbocycles. The third-order valence-electron chi connectivity index (χ3n) is 3.46. The molecule has 0 N–H and O–H groups in total. The Morgan fingerprint density at radius 1 is 1.44 bits per heavy atom. The second-order valence-electron chi connectivity index (χ2n) is 4.70. The highest BCUT2D eigenvalue weighted by molar-refractivity contribution is 9.10. The average molecular weight is 302 g/mol. The van der Waals surface area contributed by atoms with Gasteiger partial charge in [-0.25, -0.2) is 0 Å². The van der Waals surface area contributed by atoms with Crippen molar-refractivity contribution < 1.29 is 0 Å². The molecule has 3 heteroatoms. The van der Waals surface area contributed by atoms with Gasteiger partial charge in [0.25, 0.3) is 0 Å². The molecule has 1 aliphatic rings. The Balaban J connectivity index is 1.79. The van der Waals surface area contributed by atoms with E-state index in [4.69, 9.17) is 0 Å². The normalized spacial score (nSPS) is 19.1. The van der Waals surface area contributed by atoms with Gasteiger partial charge in [-0.1, -0.05) is 19.8 Å². The minimum Gasteiger partial charge on any atom is -0.298 e. The van der Waals surface area contributed by atoms with E-state index in [0.717, 1.165) is 12.5 Å². The van der Waals surface area contributed by atoms with E-state index in [2.05, 4.69) is 39.2 Å². The summed E-state index contributed by atoms with van der Waals surface area (Å²) < 4.78 is 1.29. The molecule has 1 nitrogen and oxygen atoms in total. The maximum Gasteiger partial charge on any atom is 0.0339 e. The van der Waals surface area contributed by atoms with Gasteiger partial charge in [0.2, 0.25) is 0 Å². The van der Waals surface area contributed by atoms with Gasteiger partial charge in [0.1, 0.15) is 0 Å². The predicted molar refractivity (Wildman–Crippen MR) is 74.9 cm³/mol. The Labute approximate surface area is 111 Å². The van der Waals surface area contributed by atoms with Crippen LogP contribution in [0.5, 0.6) is 0 Å². The zero-order valence-electron chi connectivity index (χ0n) is 9.92. The zero-order chi connectivity index (χ0) is 11.4. The highest BCUT2D eigenvalue weighted by atomic mass is 79.9. The van der Waals surface area contributed by atoms with Crippen molar-refractivity contribution in [2.75, 3.05) is 13.1 Å². The lowest BCUT2D eigenvalue weighted by Gasteiger charge is -2.31. The topological polar surface area (TPSA) is 3.24 Å². The fraction of sp³-hybridized carbons (Fsp3) is 0.692. The largest absolute Gasteiger partial charge is 0.298 e. The molecule has 0 saturated carbocycles. The van der Waals surface area contributed by atoms with Gasteiger partial charge in [-0.05, 0) is 59.2 Å². The Hall–Kier alpha value is 0.140. The molecule has 16 heavy (non-hydrogen) atoms. The smallest absolute Gasteiger partial charge is 0.0339 e. The molecule has 2 heterocycles. The fourth-order valence-corrected chi connectivity index (χ4v) is 4.00. The summed E-state index contributed by atoms with van der Waals surface area (Å²) in [5.41, 5.74) is 0. The molecular formula is C13H20BrNS. The van der Waals surface area contributed by atoms with Crippen molar-refractivity contribution in [2.45, 2.75) is 39.2 Å². The van der Waals surface area contributed by atoms with Crippen molar-refractivity contribution in [1.82, 2.24) is 4.90 Å². The summed E-state index contributed by atoms with van der Waals surface area (Å²) in [6.07, 6.45) is 5.57. The first-order valence-corrected chi connectivity index (χ1v) is 7.91. The van der Waals surface area contributed by atoms with E-state index in [1.165, 1.54) is 48.1 Å². The zero-order valence-corrected chi connectivity index (χ0v) is 12.3. The minimum absolute atomic E-state index is 0.994. The van der Waals surface area contributed by atoms with Crippen molar-refractivity contribution in [1.29, 1.82) is 0 Å². The van der Waals surface area contributed by atoms with Gasteiger partial charge in [-0.2, -0.15) is 0 Å². The van der Waals surface area contributed by atoms with E-state index in [0.29, 0.717) is 0 Å². The molecule has 1 fully saturated rings. The van der Waals surface area contributed by atoms with Gasteiger partial charge in [0.15, 0.2) is 0 Å². The fourth-order valence-electron chi connectivity index (χ4n) is 2.48. The number of hydrogen-bond donors (Lipinski definition) is 0. The van der Waals surface area contributed by atoms with Crippen LogP contribution in [-0.2, 0) is 6.54 Å². The van der Waals surface area contributed by atoms with Crippen LogP contribution in [0, 0.1) is 5.92 Å². The minimum atomic E-state index is 0.994. The van der Waals surface area contributed by atoms with Gasteiger partial charge in [-0.3, -0.25) is 4.90 Å². The first-order valence-electron chi connectivity index (χ1n) is 6.23. The van der Waals surface area contributed by atoms with E-state index in [1.54, 1.807) is 0 Å². The molecule has 1 aliphatic heterocycles.